The molecule has 1 heterocycles. The van der Waals surface area contributed by atoms with Gasteiger partial charge in [-0.05, 0) is 91.9 Å². The lowest BCUT2D eigenvalue weighted by Gasteiger charge is -2.60. The highest BCUT2D eigenvalue weighted by Gasteiger charge is 2.60. The largest absolute Gasteiger partial charge is 0.416 e. The standard InChI is InChI=1S/C28H35F3N2O2/c1-26-13-11-22-20(8-10-23-27(22,2)14-12-24(34)33(23)3)21(26)9-7-19(26)16-32-25(35)17-5-4-6-18(15-17)28(29,30)31/h4-6,12,14-15,19-23H,7-11,13,16H2,1-3H3,(H,32,35)/t19?,20-,21-,22+,23?,26+,27+/m0/s1. The number of rotatable bonds is 3. The molecule has 1 N–H and O–H groups in total. The number of hydrogen-bond donors (Lipinski definition) is 1. The maximum atomic E-state index is 13.1. The topological polar surface area (TPSA) is 49.4 Å². The van der Waals surface area contributed by atoms with Crippen LogP contribution in [0, 0.1) is 34.5 Å². The van der Waals surface area contributed by atoms with E-state index in [1.807, 2.05) is 11.9 Å². The highest BCUT2D eigenvalue weighted by Crippen LogP contribution is 2.65. The molecule has 5 rings (SSSR count). The summed E-state index contributed by atoms with van der Waals surface area (Å²) in [7, 11) is 1.93. The Morgan fingerprint density at radius 1 is 1.11 bits per heavy atom. The third kappa shape index (κ3) is 3.89. The Hall–Kier alpha value is -2.31. The van der Waals surface area contributed by atoms with Gasteiger partial charge in [-0.1, -0.05) is 26.0 Å². The molecule has 7 heteroatoms. The number of alkyl halides is 3. The number of benzene rings is 1. The Morgan fingerprint density at radius 2 is 1.89 bits per heavy atom. The number of amides is 2. The van der Waals surface area contributed by atoms with E-state index in [1.54, 1.807) is 6.08 Å². The van der Waals surface area contributed by atoms with Gasteiger partial charge in [-0.2, -0.15) is 13.2 Å². The first-order valence-electron chi connectivity index (χ1n) is 12.9. The molecule has 4 nitrogen and oxygen atoms in total. The van der Waals surface area contributed by atoms with Crippen molar-refractivity contribution in [3.8, 4) is 0 Å². The van der Waals surface area contributed by atoms with E-state index in [2.05, 4.69) is 25.2 Å². The zero-order valence-electron chi connectivity index (χ0n) is 20.7. The summed E-state index contributed by atoms with van der Waals surface area (Å²) in [4.78, 5) is 26.9. The van der Waals surface area contributed by atoms with Crippen molar-refractivity contribution in [1.82, 2.24) is 10.2 Å². The molecule has 1 aromatic rings. The van der Waals surface area contributed by atoms with Crippen molar-refractivity contribution in [2.24, 2.45) is 34.5 Å². The minimum absolute atomic E-state index is 0.00269. The second-order valence-electron chi connectivity index (χ2n) is 11.7. The first-order chi connectivity index (χ1) is 16.4. The van der Waals surface area contributed by atoms with E-state index >= 15 is 0 Å². The summed E-state index contributed by atoms with van der Waals surface area (Å²) in [6.07, 6.45) is 5.96. The molecule has 0 aromatic heterocycles. The summed E-state index contributed by atoms with van der Waals surface area (Å²) in [6, 6.07) is 4.90. The van der Waals surface area contributed by atoms with Gasteiger partial charge in [0.15, 0.2) is 0 Å². The maximum Gasteiger partial charge on any atom is 0.416 e. The van der Waals surface area contributed by atoms with Gasteiger partial charge in [-0.25, -0.2) is 0 Å². The molecule has 0 bridgehead atoms. The van der Waals surface area contributed by atoms with E-state index in [4.69, 9.17) is 0 Å². The Balaban J connectivity index is 1.28. The summed E-state index contributed by atoms with van der Waals surface area (Å²) < 4.78 is 39.2. The molecule has 0 saturated heterocycles. The molecule has 2 amide bonds. The first-order valence-corrected chi connectivity index (χ1v) is 12.9. The second kappa shape index (κ2) is 8.38. The molecule has 2 unspecified atom stereocenters. The van der Waals surface area contributed by atoms with E-state index in [0.29, 0.717) is 30.2 Å². The molecular formula is C28H35F3N2O2. The van der Waals surface area contributed by atoms with Crippen LogP contribution < -0.4 is 5.32 Å². The monoisotopic (exact) mass is 488 g/mol. The molecule has 3 saturated carbocycles. The van der Waals surface area contributed by atoms with Crippen LogP contribution in [0.25, 0.3) is 0 Å². The Kier molecular flexibility index (Phi) is 5.84. The molecule has 35 heavy (non-hydrogen) atoms. The smallest absolute Gasteiger partial charge is 0.352 e. The molecule has 7 atom stereocenters. The zero-order valence-corrected chi connectivity index (χ0v) is 20.7. The number of carbonyl (C=O) groups is 2. The van der Waals surface area contributed by atoms with Gasteiger partial charge >= 0.3 is 6.18 Å². The van der Waals surface area contributed by atoms with Crippen molar-refractivity contribution in [1.29, 1.82) is 0 Å². The predicted octanol–water partition coefficient (Wildman–Crippen LogP) is 5.69. The molecule has 0 radical (unpaired) electrons. The number of halogens is 3. The fraction of sp³-hybridized carbons (Fsp3) is 0.643. The Morgan fingerprint density at radius 3 is 2.63 bits per heavy atom. The van der Waals surface area contributed by atoms with Crippen molar-refractivity contribution in [2.75, 3.05) is 13.6 Å². The number of fused-ring (bicyclic) bond motifs is 5. The molecule has 1 aliphatic heterocycles. The average Bonchev–Trinajstić information content (AvgIpc) is 3.16. The maximum absolute atomic E-state index is 13.1. The van der Waals surface area contributed by atoms with Crippen LogP contribution >= 0.6 is 0 Å². The SMILES string of the molecule is CN1C(=O)C=C[C@@]2(C)C1CC[C@@H]1[C@H]2CC[C@]2(C)C(CNC(=O)c3cccc(C(F)(F)F)c3)CC[C@@H]12. The van der Waals surface area contributed by atoms with Crippen LogP contribution in [0.4, 0.5) is 13.2 Å². The van der Waals surface area contributed by atoms with Gasteiger partial charge in [-0.3, -0.25) is 9.59 Å². The summed E-state index contributed by atoms with van der Waals surface area (Å²) in [5, 5.41) is 2.95. The summed E-state index contributed by atoms with van der Waals surface area (Å²) >= 11 is 0. The third-order valence-corrected chi connectivity index (χ3v) is 10.3. The minimum atomic E-state index is -4.47. The van der Waals surface area contributed by atoms with Crippen LogP contribution in [-0.2, 0) is 11.0 Å². The first kappa shape index (κ1) is 24.4. The normalized spacial score (nSPS) is 38.5. The number of carbonyl (C=O) groups excluding carboxylic acids is 2. The lowest BCUT2D eigenvalue weighted by Crippen LogP contribution is -2.59. The molecule has 4 aliphatic rings. The summed E-state index contributed by atoms with van der Waals surface area (Å²) in [5.41, 5.74) is -0.629. The number of likely N-dealkylation sites (N-methyl/N-ethyl adjacent to an activating group) is 1. The zero-order chi connectivity index (χ0) is 25.2. The fourth-order valence-corrected chi connectivity index (χ4v) is 8.34. The fourth-order valence-electron chi connectivity index (χ4n) is 8.34. The predicted molar refractivity (Wildman–Crippen MR) is 127 cm³/mol. The summed E-state index contributed by atoms with van der Waals surface area (Å²) in [6.45, 7) is 5.19. The molecule has 3 aliphatic carbocycles. The lowest BCUT2D eigenvalue weighted by molar-refractivity contribution is -0.139. The van der Waals surface area contributed by atoms with Crippen molar-refractivity contribution in [2.45, 2.75) is 64.6 Å². The van der Waals surface area contributed by atoms with Crippen LogP contribution in [0.3, 0.4) is 0 Å². The van der Waals surface area contributed by atoms with Crippen LogP contribution in [0.1, 0.15) is 68.3 Å². The van der Waals surface area contributed by atoms with Gasteiger partial charge in [0, 0.05) is 30.6 Å². The van der Waals surface area contributed by atoms with Gasteiger partial charge in [0.05, 0.1) is 5.56 Å². The van der Waals surface area contributed by atoms with Crippen LogP contribution in [-0.4, -0.2) is 36.3 Å². The Bertz CT molecular complexity index is 1050. The van der Waals surface area contributed by atoms with E-state index in [-0.39, 0.29) is 28.3 Å². The highest BCUT2D eigenvalue weighted by atomic mass is 19.4. The van der Waals surface area contributed by atoms with Gasteiger partial charge in [0.1, 0.15) is 0 Å². The lowest BCUT2D eigenvalue weighted by atomic mass is 9.47. The molecule has 3 fully saturated rings. The average molecular weight is 489 g/mol. The van der Waals surface area contributed by atoms with Crippen LogP contribution in [0.2, 0.25) is 0 Å². The highest BCUT2D eigenvalue weighted by molar-refractivity contribution is 5.94. The van der Waals surface area contributed by atoms with Gasteiger partial charge in [0.2, 0.25) is 5.91 Å². The minimum Gasteiger partial charge on any atom is -0.352 e. The van der Waals surface area contributed by atoms with E-state index in [0.717, 1.165) is 50.7 Å². The number of nitrogens with one attached hydrogen (secondary N) is 1. The van der Waals surface area contributed by atoms with E-state index in [1.165, 1.54) is 12.1 Å². The van der Waals surface area contributed by atoms with Gasteiger partial charge < -0.3 is 10.2 Å². The van der Waals surface area contributed by atoms with E-state index < -0.39 is 17.6 Å². The Labute approximate surface area is 205 Å². The molecular weight excluding hydrogens is 453 g/mol. The van der Waals surface area contributed by atoms with E-state index in [9.17, 15) is 22.8 Å². The van der Waals surface area contributed by atoms with Crippen molar-refractivity contribution >= 4 is 11.8 Å². The van der Waals surface area contributed by atoms with Crippen LogP contribution in [0.15, 0.2) is 36.4 Å². The quantitative estimate of drug-likeness (QED) is 0.594. The van der Waals surface area contributed by atoms with Crippen molar-refractivity contribution in [3.05, 3.63) is 47.5 Å². The van der Waals surface area contributed by atoms with Crippen LogP contribution in [0.5, 0.6) is 0 Å². The third-order valence-electron chi connectivity index (χ3n) is 10.3. The number of hydrogen-bond acceptors (Lipinski definition) is 2. The van der Waals surface area contributed by atoms with Gasteiger partial charge in [0.25, 0.3) is 5.91 Å². The van der Waals surface area contributed by atoms with Crippen molar-refractivity contribution < 1.29 is 22.8 Å². The van der Waals surface area contributed by atoms with Gasteiger partial charge in [-0.15, -0.1) is 0 Å². The number of nitrogens with zero attached hydrogens (tertiary/aromatic N) is 1. The second-order valence-corrected chi connectivity index (χ2v) is 11.7. The van der Waals surface area contributed by atoms with Crippen molar-refractivity contribution in [3.63, 3.8) is 0 Å². The summed E-state index contributed by atoms with van der Waals surface area (Å²) in [5.74, 6) is 1.70. The molecule has 0 spiro atoms. The molecule has 190 valence electrons. The molecule has 1 aromatic carbocycles.